The number of carboxylic acids is 1. The molecule has 0 fully saturated rings. The summed E-state index contributed by atoms with van der Waals surface area (Å²) in [6, 6.07) is 5.41. The lowest BCUT2D eigenvalue weighted by molar-refractivity contribution is 0.0697. The van der Waals surface area contributed by atoms with Crippen LogP contribution in [-0.4, -0.2) is 16.1 Å². The third-order valence-corrected chi connectivity index (χ3v) is 2.94. The van der Waals surface area contributed by atoms with Crippen molar-refractivity contribution >= 4 is 45.0 Å². The van der Waals surface area contributed by atoms with Gasteiger partial charge in [0.25, 0.3) is 0 Å². The molecule has 0 saturated carbocycles. The number of pyridine rings is 1. The fourth-order valence-electron chi connectivity index (χ4n) is 1.42. The summed E-state index contributed by atoms with van der Waals surface area (Å²) in [7, 11) is 0. The zero-order valence-electron chi connectivity index (χ0n) is 9.32. The molecule has 0 bridgehead atoms. The minimum Gasteiger partial charge on any atom is -0.478 e. The lowest BCUT2D eigenvalue weighted by atomic mass is 10.2. The molecule has 2 rings (SSSR count). The van der Waals surface area contributed by atoms with Crippen molar-refractivity contribution in [2.75, 3.05) is 5.32 Å². The Kier molecular flexibility index (Phi) is 4.01. The number of nitrogens with one attached hydrogen (secondary N) is 1. The summed E-state index contributed by atoms with van der Waals surface area (Å²) < 4.78 is 14.1. The first-order chi connectivity index (χ1) is 8.97. The summed E-state index contributed by atoms with van der Waals surface area (Å²) in [6.45, 7) is 0. The molecule has 1 heterocycles. The molecule has 0 unspecified atom stereocenters. The lowest BCUT2D eigenvalue weighted by Gasteiger charge is -2.09. The van der Waals surface area contributed by atoms with Crippen molar-refractivity contribution in [1.29, 1.82) is 0 Å². The molecule has 0 aliphatic heterocycles. The molecule has 0 spiro atoms. The van der Waals surface area contributed by atoms with Crippen molar-refractivity contribution < 1.29 is 14.3 Å². The molecule has 0 saturated heterocycles. The van der Waals surface area contributed by atoms with Crippen LogP contribution in [0.3, 0.4) is 0 Å². The molecule has 0 radical (unpaired) electrons. The zero-order valence-corrected chi connectivity index (χ0v) is 11.7. The summed E-state index contributed by atoms with van der Waals surface area (Å²) in [5, 5.41) is 12.0. The highest BCUT2D eigenvalue weighted by atomic mass is 79.9. The number of nitrogens with zero attached hydrogens (tertiary/aromatic N) is 1. The van der Waals surface area contributed by atoms with E-state index in [-0.39, 0.29) is 22.1 Å². The van der Waals surface area contributed by atoms with Gasteiger partial charge in [0.2, 0.25) is 0 Å². The van der Waals surface area contributed by atoms with E-state index in [0.29, 0.717) is 4.47 Å². The molecule has 0 aliphatic carbocycles. The van der Waals surface area contributed by atoms with Gasteiger partial charge >= 0.3 is 5.97 Å². The van der Waals surface area contributed by atoms with Crippen LogP contribution in [-0.2, 0) is 0 Å². The Labute approximate surface area is 121 Å². The number of aromatic carboxylic acids is 1. The summed E-state index contributed by atoms with van der Waals surface area (Å²) in [4.78, 5) is 15.0. The minimum absolute atomic E-state index is 0.0527. The van der Waals surface area contributed by atoms with Crippen LogP contribution >= 0.6 is 27.5 Å². The van der Waals surface area contributed by atoms with Crippen LogP contribution in [0.5, 0.6) is 0 Å². The molecule has 1 aromatic carbocycles. The number of hydrogen-bond acceptors (Lipinski definition) is 3. The number of aromatic nitrogens is 1. The van der Waals surface area contributed by atoms with Gasteiger partial charge in [-0.3, -0.25) is 0 Å². The first kappa shape index (κ1) is 13.8. The second-order valence-corrected chi connectivity index (χ2v) is 4.96. The number of rotatable bonds is 3. The Hall–Kier alpha value is -1.66. The Balaban J connectivity index is 2.40. The Morgan fingerprint density at radius 1 is 1.42 bits per heavy atom. The SMILES string of the molecule is O=C(O)c1cc(Br)cnc1Nc1ccc(Cl)cc1F. The van der Waals surface area contributed by atoms with Gasteiger partial charge in [-0.1, -0.05) is 11.6 Å². The molecule has 0 aliphatic rings. The van der Waals surface area contributed by atoms with Crippen LogP contribution in [0, 0.1) is 5.82 Å². The second kappa shape index (κ2) is 5.54. The molecule has 0 atom stereocenters. The van der Waals surface area contributed by atoms with E-state index >= 15 is 0 Å². The Morgan fingerprint density at radius 3 is 2.79 bits per heavy atom. The van der Waals surface area contributed by atoms with Crippen LogP contribution in [0.2, 0.25) is 5.02 Å². The predicted octanol–water partition coefficient (Wildman–Crippen LogP) is 4.08. The van der Waals surface area contributed by atoms with Crippen molar-refractivity contribution in [2.24, 2.45) is 0 Å². The maximum atomic E-state index is 13.6. The van der Waals surface area contributed by atoms with Gasteiger partial charge < -0.3 is 10.4 Å². The zero-order chi connectivity index (χ0) is 14.0. The highest BCUT2D eigenvalue weighted by Gasteiger charge is 2.14. The quantitative estimate of drug-likeness (QED) is 0.880. The second-order valence-electron chi connectivity index (χ2n) is 3.60. The van der Waals surface area contributed by atoms with E-state index < -0.39 is 11.8 Å². The average Bonchev–Trinajstić information content (AvgIpc) is 2.34. The van der Waals surface area contributed by atoms with E-state index in [1.54, 1.807) is 0 Å². The molecular weight excluding hydrogens is 338 g/mol. The number of carboxylic acid groups (broad SMARTS) is 1. The number of carbonyl (C=O) groups is 1. The average molecular weight is 346 g/mol. The molecule has 0 amide bonds. The largest absolute Gasteiger partial charge is 0.478 e. The van der Waals surface area contributed by atoms with E-state index in [2.05, 4.69) is 26.2 Å². The maximum Gasteiger partial charge on any atom is 0.339 e. The van der Waals surface area contributed by atoms with Gasteiger partial charge in [-0.15, -0.1) is 0 Å². The number of benzene rings is 1. The van der Waals surface area contributed by atoms with Crippen molar-refractivity contribution in [2.45, 2.75) is 0 Å². The van der Waals surface area contributed by atoms with Crippen molar-refractivity contribution in [3.05, 3.63) is 51.3 Å². The normalized spacial score (nSPS) is 10.3. The van der Waals surface area contributed by atoms with Gasteiger partial charge in [-0.05, 0) is 40.2 Å². The van der Waals surface area contributed by atoms with Crippen LogP contribution in [0.1, 0.15) is 10.4 Å². The standard InChI is InChI=1S/C12H7BrClFN2O2/c13-6-3-8(12(18)19)11(16-5-6)17-10-2-1-7(14)4-9(10)15/h1-5H,(H,16,17)(H,18,19). The topological polar surface area (TPSA) is 62.2 Å². The van der Waals surface area contributed by atoms with E-state index in [0.717, 1.165) is 6.07 Å². The highest BCUT2D eigenvalue weighted by molar-refractivity contribution is 9.10. The summed E-state index contributed by atoms with van der Waals surface area (Å²) >= 11 is 8.77. The van der Waals surface area contributed by atoms with Crippen LogP contribution in [0.4, 0.5) is 15.9 Å². The van der Waals surface area contributed by atoms with E-state index in [9.17, 15) is 9.18 Å². The summed E-state index contributed by atoms with van der Waals surface area (Å²) in [5.74, 6) is -1.70. The molecule has 19 heavy (non-hydrogen) atoms. The number of anilines is 2. The predicted molar refractivity (Wildman–Crippen MR) is 73.6 cm³/mol. The lowest BCUT2D eigenvalue weighted by Crippen LogP contribution is -2.05. The van der Waals surface area contributed by atoms with Gasteiger partial charge in [0.1, 0.15) is 17.2 Å². The molecule has 7 heteroatoms. The number of halogens is 3. The van der Waals surface area contributed by atoms with E-state index in [4.69, 9.17) is 16.7 Å². The monoisotopic (exact) mass is 344 g/mol. The highest BCUT2D eigenvalue weighted by Crippen LogP contribution is 2.25. The molecule has 4 nitrogen and oxygen atoms in total. The molecule has 1 aromatic heterocycles. The molecule has 2 N–H and O–H groups in total. The van der Waals surface area contributed by atoms with Crippen LogP contribution in [0.15, 0.2) is 34.9 Å². The van der Waals surface area contributed by atoms with Crippen LogP contribution < -0.4 is 5.32 Å². The molecule has 98 valence electrons. The van der Waals surface area contributed by atoms with Gasteiger partial charge in [-0.2, -0.15) is 0 Å². The first-order valence-corrected chi connectivity index (χ1v) is 6.25. The van der Waals surface area contributed by atoms with Gasteiger partial charge in [0.15, 0.2) is 0 Å². The fraction of sp³-hybridized carbons (Fsp3) is 0. The van der Waals surface area contributed by atoms with Crippen molar-refractivity contribution in [1.82, 2.24) is 4.98 Å². The molecular formula is C12H7BrClFN2O2. The summed E-state index contributed by atoms with van der Waals surface area (Å²) in [6.07, 6.45) is 1.42. The van der Waals surface area contributed by atoms with Gasteiger partial charge in [0, 0.05) is 15.7 Å². The fourth-order valence-corrected chi connectivity index (χ4v) is 1.91. The van der Waals surface area contributed by atoms with E-state index in [1.165, 1.54) is 24.4 Å². The van der Waals surface area contributed by atoms with Crippen molar-refractivity contribution in [3.8, 4) is 0 Å². The maximum absolute atomic E-state index is 13.6. The van der Waals surface area contributed by atoms with Gasteiger partial charge in [-0.25, -0.2) is 14.2 Å². The third-order valence-electron chi connectivity index (χ3n) is 2.27. The third kappa shape index (κ3) is 3.21. The smallest absolute Gasteiger partial charge is 0.339 e. The van der Waals surface area contributed by atoms with Crippen LogP contribution in [0.25, 0.3) is 0 Å². The molecule has 2 aromatic rings. The van der Waals surface area contributed by atoms with Crippen molar-refractivity contribution in [3.63, 3.8) is 0 Å². The minimum atomic E-state index is -1.16. The van der Waals surface area contributed by atoms with E-state index in [1.807, 2.05) is 0 Å². The van der Waals surface area contributed by atoms with Gasteiger partial charge in [0.05, 0.1) is 5.69 Å². The summed E-state index contributed by atoms with van der Waals surface area (Å²) in [5.41, 5.74) is 0.0328. The number of hydrogen-bond donors (Lipinski definition) is 2. The Bertz CT molecular complexity index is 652. The first-order valence-electron chi connectivity index (χ1n) is 5.08. The Morgan fingerprint density at radius 2 is 2.16 bits per heavy atom.